The Hall–Kier alpha value is -1.73. The van der Waals surface area contributed by atoms with Crippen molar-refractivity contribution >= 4 is 22.3 Å². The van der Waals surface area contributed by atoms with Crippen LogP contribution in [0.3, 0.4) is 0 Å². The number of carboxylic acid groups (broad SMARTS) is 1. The van der Waals surface area contributed by atoms with Gasteiger partial charge >= 0.3 is 5.97 Å². The molecule has 0 aliphatic rings. The minimum atomic E-state index is -0.819. The average Bonchev–Trinajstić information content (AvgIpc) is 2.76. The maximum Gasteiger partial charge on any atom is 0.304 e. The number of thiazole rings is 1. The molecule has 0 bridgehead atoms. The van der Waals surface area contributed by atoms with E-state index < -0.39 is 5.97 Å². The normalized spacial score (nSPS) is 11.3. The van der Waals surface area contributed by atoms with Crippen LogP contribution in [0.4, 0.5) is 0 Å². The monoisotopic (exact) mass is 295 g/mol. The molecule has 108 valence electrons. The Morgan fingerprint density at radius 3 is 2.95 bits per heavy atom. The van der Waals surface area contributed by atoms with Crippen LogP contribution in [0.25, 0.3) is 4.96 Å². The lowest BCUT2D eigenvalue weighted by Crippen LogP contribution is -2.27. The Balaban J connectivity index is 2.20. The first kappa shape index (κ1) is 14.7. The number of hydrogen-bond donors (Lipinski definition) is 1. The third-order valence-corrected chi connectivity index (χ3v) is 4.05. The van der Waals surface area contributed by atoms with E-state index in [2.05, 4.69) is 4.98 Å². The summed E-state index contributed by atoms with van der Waals surface area (Å²) in [5, 5.41) is 10.6. The zero-order valence-corrected chi connectivity index (χ0v) is 12.3. The number of carboxylic acids is 1. The molecule has 0 aliphatic heterocycles. The number of aromatic nitrogens is 2. The first-order chi connectivity index (χ1) is 9.51. The highest BCUT2D eigenvalue weighted by Gasteiger charge is 2.10. The first-order valence-electron chi connectivity index (χ1n) is 6.42. The quantitative estimate of drug-likeness (QED) is 0.871. The molecule has 0 saturated heterocycles. The summed E-state index contributed by atoms with van der Waals surface area (Å²) in [7, 11) is 0. The lowest BCUT2D eigenvalue weighted by atomic mass is 10.3. The Labute approximate surface area is 120 Å². The number of rotatable bonds is 6. The molecule has 0 amide bonds. The van der Waals surface area contributed by atoms with Gasteiger partial charge in [-0.05, 0) is 13.5 Å². The highest BCUT2D eigenvalue weighted by atomic mass is 32.1. The minimum absolute atomic E-state index is 0.0852. The first-order valence-corrected chi connectivity index (χ1v) is 7.30. The van der Waals surface area contributed by atoms with Crippen LogP contribution in [0.1, 0.15) is 24.7 Å². The van der Waals surface area contributed by atoms with Crippen LogP contribution in [0.2, 0.25) is 0 Å². The van der Waals surface area contributed by atoms with Crippen molar-refractivity contribution in [3.05, 3.63) is 33.2 Å². The van der Waals surface area contributed by atoms with Gasteiger partial charge in [-0.2, -0.15) is 0 Å². The van der Waals surface area contributed by atoms with Crippen molar-refractivity contribution in [1.82, 2.24) is 14.3 Å². The fourth-order valence-electron chi connectivity index (χ4n) is 2.01. The van der Waals surface area contributed by atoms with Gasteiger partial charge in [0.2, 0.25) is 0 Å². The summed E-state index contributed by atoms with van der Waals surface area (Å²) in [6.07, 6.45) is 0.0905. The van der Waals surface area contributed by atoms with E-state index in [1.54, 1.807) is 4.40 Å². The van der Waals surface area contributed by atoms with E-state index >= 15 is 0 Å². The van der Waals surface area contributed by atoms with Gasteiger partial charge in [0.25, 0.3) is 5.56 Å². The molecule has 6 nitrogen and oxygen atoms in total. The van der Waals surface area contributed by atoms with Gasteiger partial charge < -0.3 is 5.11 Å². The van der Waals surface area contributed by atoms with Crippen LogP contribution in [0, 0.1) is 6.92 Å². The van der Waals surface area contributed by atoms with Crippen molar-refractivity contribution < 1.29 is 9.90 Å². The van der Waals surface area contributed by atoms with Crippen molar-refractivity contribution in [2.45, 2.75) is 26.8 Å². The molecule has 7 heteroatoms. The van der Waals surface area contributed by atoms with E-state index in [1.165, 1.54) is 17.4 Å². The van der Waals surface area contributed by atoms with Gasteiger partial charge in [-0.15, -0.1) is 11.3 Å². The SMILES string of the molecule is CCN(CCC(=O)O)Cc1cc(=O)n2c(C)csc2n1. The topological polar surface area (TPSA) is 74.9 Å². The molecule has 2 rings (SSSR count). The molecule has 2 aromatic rings. The zero-order chi connectivity index (χ0) is 14.7. The summed E-state index contributed by atoms with van der Waals surface area (Å²) in [5.41, 5.74) is 1.48. The third kappa shape index (κ3) is 3.23. The van der Waals surface area contributed by atoms with E-state index in [-0.39, 0.29) is 12.0 Å². The maximum absolute atomic E-state index is 12.0. The lowest BCUT2D eigenvalue weighted by molar-refractivity contribution is -0.137. The number of fused-ring (bicyclic) bond motifs is 1. The van der Waals surface area contributed by atoms with Crippen LogP contribution in [-0.2, 0) is 11.3 Å². The second kappa shape index (κ2) is 6.15. The predicted molar refractivity (Wildman–Crippen MR) is 77.3 cm³/mol. The second-order valence-corrected chi connectivity index (χ2v) is 5.43. The Morgan fingerprint density at radius 1 is 1.55 bits per heavy atom. The summed E-state index contributed by atoms with van der Waals surface area (Å²) in [6, 6.07) is 1.52. The predicted octanol–water partition coefficient (Wildman–Crippen LogP) is 1.36. The van der Waals surface area contributed by atoms with Gasteiger partial charge in [0.05, 0.1) is 12.1 Å². The molecule has 0 fully saturated rings. The van der Waals surface area contributed by atoms with Crippen LogP contribution < -0.4 is 5.56 Å². The molecule has 0 saturated carbocycles. The van der Waals surface area contributed by atoms with Crippen LogP contribution in [-0.4, -0.2) is 38.4 Å². The van der Waals surface area contributed by atoms with Crippen LogP contribution >= 0.6 is 11.3 Å². The lowest BCUT2D eigenvalue weighted by Gasteiger charge is -2.18. The summed E-state index contributed by atoms with van der Waals surface area (Å²) in [4.78, 5) is 29.8. The number of aryl methyl sites for hydroxylation is 1. The fraction of sp³-hybridized carbons (Fsp3) is 0.462. The highest BCUT2D eigenvalue weighted by molar-refractivity contribution is 7.15. The number of aliphatic carboxylic acids is 1. The van der Waals surface area contributed by atoms with Gasteiger partial charge in [0.15, 0.2) is 4.96 Å². The number of hydrogen-bond acceptors (Lipinski definition) is 5. The molecule has 0 atom stereocenters. The Bertz CT molecular complexity index is 677. The van der Waals surface area contributed by atoms with Crippen molar-refractivity contribution in [3.63, 3.8) is 0 Å². The van der Waals surface area contributed by atoms with Crippen molar-refractivity contribution in [2.75, 3.05) is 13.1 Å². The molecular weight excluding hydrogens is 278 g/mol. The molecule has 0 radical (unpaired) electrons. The fourth-order valence-corrected chi connectivity index (χ4v) is 2.90. The van der Waals surface area contributed by atoms with Gasteiger partial charge in [-0.25, -0.2) is 4.98 Å². The summed E-state index contributed by atoms with van der Waals surface area (Å²) in [6.45, 7) is 5.50. The van der Waals surface area contributed by atoms with E-state index in [0.717, 1.165) is 12.2 Å². The van der Waals surface area contributed by atoms with Crippen molar-refractivity contribution in [3.8, 4) is 0 Å². The number of nitrogens with zero attached hydrogens (tertiary/aromatic N) is 3. The second-order valence-electron chi connectivity index (χ2n) is 4.59. The van der Waals surface area contributed by atoms with E-state index in [4.69, 9.17) is 5.11 Å². The van der Waals surface area contributed by atoms with Gasteiger partial charge in [0.1, 0.15) is 0 Å². The molecule has 0 spiro atoms. The van der Waals surface area contributed by atoms with Crippen molar-refractivity contribution in [2.24, 2.45) is 0 Å². The van der Waals surface area contributed by atoms with Gasteiger partial charge in [-0.1, -0.05) is 6.92 Å². The molecule has 20 heavy (non-hydrogen) atoms. The molecule has 0 aliphatic carbocycles. The van der Waals surface area contributed by atoms with Crippen molar-refractivity contribution in [1.29, 1.82) is 0 Å². The molecule has 0 unspecified atom stereocenters. The molecule has 2 aromatic heterocycles. The average molecular weight is 295 g/mol. The molecule has 2 heterocycles. The minimum Gasteiger partial charge on any atom is -0.481 e. The van der Waals surface area contributed by atoms with Gasteiger partial charge in [-0.3, -0.25) is 18.9 Å². The number of carbonyl (C=O) groups is 1. The van der Waals surface area contributed by atoms with Crippen LogP contribution in [0.15, 0.2) is 16.2 Å². The maximum atomic E-state index is 12.0. The largest absolute Gasteiger partial charge is 0.481 e. The van der Waals surface area contributed by atoms with E-state index in [0.29, 0.717) is 23.7 Å². The van der Waals surface area contributed by atoms with E-state index in [1.807, 2.05) is 24.1 Å². The standard InChI is InChI=1S/C13H17N3O3S/c1-3-15(5-4-12(18)19)7-10-6-11(17)16-9(2)8-20-13(16)14-10/h6,8H,3-5,7H2,1-2H3,(H,18,19). The third-order valence-electron chi connectivity index (χ3n) is 3.10. The molecule has 1 N–H and O–H groups in total. The summed E-state index contributed by atoms with van der Waals surface area (Å²) in [5.74, 6) is -0.819. The molecular formula is C13H17N3O3S. The van der Waals surface area contributed by atoms with E-state index in [9.17, 15) is 9.59 Å². The summed E-state index contributed by atoms with van der Waals surface area (Å²) < 4.78 is 1.59. The Kier molecular flexibility index (Phi) is 4.51. The molecule has 0 aromatic carbocycles. The zero-order valence-electron chi connectivity index (χ0n) is 11.5. The Morgan fingerprint density at radius 2 is 2.30 bits per heavy atom. The smallest absolute Gasteiger partial charge is 0.304 e. The highest BCUT2D eigenvalue weighted by Crippen LogP contribution is 2.12. The van der Waals surface area contributed by atoms with Gasteiger partial charge in [0, 0.05) is 30.2 Å². The van der Waals surface area contributed by atoms with Crippen LogP contribution in [0.5, 0.6) is 0 Å². The summed E-state index contributed by atoms with van der Waals surface area (Å²) >= 11 is 1.43.